The minimum absolute atomic E-state index is 0.0252. The topological polar surface area (TPSA) is 134 Å². The van der Waals surface area contributed by atoms with E-state index >= 15 is 0 Å². The molecule has 112 valence electrons. The molecule has 0 saturated carbocycles. The number of anilines is 1. The van der Waals surface area contributed by atoms with Crippen LogP contribution in [-0.4, -0.2) is 41.8 Å². The summed E-state index contributed by atoms with van der Waals surface area (Å²) in [5.41, 5.74) is 0.371. The number of methoxy groups -OCH3 is 1. The molecule has 3 N–H and O–H groups in total. The molecule has 9 nitrogen and oxygen atoms in total. The minimum atomic E-state index is -3.98. The Balaban J connectivity index is 2.35. The van der Waals surface area contributed by atoms with Gasteiger partial charge in [0.25, 0.3) is 10.0 Å². The second-order valence-electron chi connectivity index (χ2n) is 4.06. The summed E-state index contributed by atoms with van der Waals surface area (Å²) in [6.45, 7) is 1.58. The number of H-pyrrole nitrogens is 1. The van der Waals surface area contributed by atoms with Crippen LogP contribution in [0.1, 0.15) is 15.9 Å². The van der Waals surface area contributed by atoms with Gasteiger partial charge >= 0.3 is 12.0 Å². The molecule has 2 rings (SSSR count). The van der Waals surface area contributed by atoms with E-state index in [-0.39, 0.29) is 22.4 Å². The summed E-state index contributed by atoms with van der Waals surface area (Å²) < 4.78 is 31.2. The summed E-state index contributed by atoms with van der Waals surface area (Å²) in [5.74, 6) is -1.34. The van der Waals surface area contributed by atoms with E-state index in [2.05, 4.69) is 19.9 Å². The van der Waals surface area contributed by atoms with Gasteiger partial charge in [0, 0.05) is 0 Å². The largest absolute Gasteiger partial charge is 0.478 e. The van der Waals surface area contributed by atoms with Crippen LogP contribution >= 0.6 is 0 Å². The van der Waals surface area contributed by atoms with Crippen molar-refractivity contribution >= 4 is 21.9 Å². The molecule has 0 spiro atoms. The summed E-state index contributed by atoms with van der Waals surface area (Å²) >= 11 is 0. The van der Waals surface area contributed by atoms with E-state index in [0.717, 1.165) is 6.07 Å². The zero-order valence-corrected chi connectivity index (χ0v) is 11.9. The predicted molar refractivity (Wildman–Crippen MR) is 71.9 cm³/mol. The molecule has 0 amide bonds. The number of ether oxygens (including phenoxy) is 1. The van der Waals surface area contributed by atoms with Gasteiger partial charge < -0.3 is 9.84 Å². The Bertz CT molecular complexity index is 784. The quantitative estimate of drug-likeness (QED) is 0.736. The van der Waals surface area contributed by atoms with Gasteiger partial charge in [-0.15, -0.1) is 5.10 Å². The smallest absolute Gasteiger partial charge is 0.336 e. The van der Waals surface area contributed by atoms with Crippen molar-refractivity contribution in [2.75, 3.05) is 11.8 Å². The van der Waals surface area contributed by atoms with Crippen molar-refractivity contribution in [3.05, 3.63) is 29.3 Å². The second-order valence-corrected chi connectivity index (χ2v) is 5.74. The van der Waals surface area contributed by atoms with Crippen LogP contribution in [0.5, 0.6) is 6.01 Å². The zero-order chi connectivity index (χ0) is 15.6. The maximum Gasteiger partial charge on any atom is 0.336 e. The highest BCUT2D eigenvalue weighted by Crippen LogP contribution is 2.18. The van der Waals surface area contributed by atoms with E-state index in [1.165, 1.54) is 19.2 Å². The lowest BCUT2D eigenvalue weighted by atomic mass is 10.1. The average Bonchev–Trinajstić information content (AvgIpc) is 2.85. The summed E-state index contributed by atoms with van der Waals surface area (Å²) in [6.07, 6.45) is 0. The molecule has 0 unspecified atom stereocenters. The van der Waals surface area contributed by atoms with Crippen molar-refractivity contribution in [3.63, 3.8) is 0 Å². The summed E-state index contributed by atoms with van der Waals surface area (Å²) in [5, 5.41) is 15.0. The molecule has 0 aliphatic heterocycles. The molecule has 10 heteroatoms. The van der Waals surface area contributed by atoms with Crippen molar-refractivity contribution < 1.29 is 23.1 Å². The number of nitrogens with zero attached hydrogens (tertiary/aromatic N) is 2. The molecule has 21 heavy (non-hydrogen) atoms. The lowest BCUT2D eigenvalue weighted by Gasteiger charge is -2.07. The van der Waals surface area contributed by atoms with Gasteiger partial charge in [0.2, 0.25) is 5.95 Å². The van der Waals surface area contributed by atoms with Crippen LogP contribution in [0.2, 0.25) is 0 Å². The van der Waals surface area contributed by atoms with Gasteiger partial charge in [-0.25, -0.2) is 23.0 Å². The first kappa shape index (κ1) is 14.8. The van der Waals surface area contributed by atoms with E-state index in [9.17, 15) is 13.2 Å². The Morgan fingerprint density at radius 1 is 1.43 bits per heavy atom. The highest BCUT2D eigenvalue weighted by atomic mass is 32.2. The summed E-state index contributed by atoms with van der Waals surface area (Å²) in [7, 11) is -2.65. The number of nitrogens with one attached hydrogen (secondary N) is 2. The van der Waals surface area contributed by atoms with Gasteiger partial charge in [0.1, 0.15) is 0 Å². The molecule has 1 heterocycles. The highest BCUT2D eigenvalue weighted by Gasteiger charge is 2.19. The highest BCUT2D eigenvalue weighted by molar-refractivity contribution is 7.92. The number of aromatic carboxylic acids is 1. The standard InChI is InChI=1S/C11H12N4O5S/c1-6-3-4-7(5-8(6)9(16)17)21(18,19)15-10-12-11(20-2)14-13-10/h3-5H,1-2H3,(H,16,17)(H2,12,13,14,15). The van der Waals surface area contributed by atoms with Gasteiger partial charge in [-0.1, -0.05) is 6.07 Å². The molecule has 0 aliphatic carbocycles. The lowest BCUT2D eigenvalue weighted by Crippen LogP contribution is -2.15. The molecule has 1 aromatic heterocycles. The zero-order valence-electron chi connectivity index (χ0n) is 11.1. The Kier molecular flexibility index (Phi) is 3.80. The van der Waals surface area contributed by atoms with Crippen LogP contribution in [0.3, 0.4) is 0 Å². The predicted octanol–water partition coefficient (Wildman–Crippen LogP) is 0.621. The van der Waals surface area contributed by atoms with Crippen molar-refractivity contribution in [2.24, 2.45) is 0 Å². The summed E-state index contributed by atoms with van der Waals surface area (Å²) in [4.78, 5) is 14.6. The number of sulfonamides is 1. The number of carboxylic acid groups (broad SMARTS) is 1. The van der Waals surface area contributed by atoms with Crippen molar-refractivity contribution in [2.45, 2.75) is 11.8 Å². The fourth-order valence-corrected chi connectivity index (χ4v) is 2.55. The van der Waals surface area contributed by atoms with E-state index in [1.54, 1.807) is 6.92 Å². The number of hydrogen-bond donors (Lipinski definition) is 3. The molecule has 0 saturated heterocycles. The van der Waals surface area contributed by atoms with Crippen LogP contribution < -0.4 is 9.46 Å². The van der Waals surface area contributed by atoms with Gasteiger partial charge in [-0.3, -0.25) is 0 Å². The third-order valence-electron chi connectivity index (χ3n) is 2.63. The van der Waals surface area contributed by atoms with Gasteiger partial charge in [-0.05, 0) is 24.6 Å². The number of hydrogen-bond acceptors (Lipinski definition) is 6. The van der Waals surface area contributed by atoms with Crippen molar-refractivity contribution in [1.82, 2.24) is 15.2 Å². The van der Waals surface area contributed by atoms with Crippen LogP contribution in [0.4, 0.5) is 5.95 Å². The normalized spacial score (nSPS) is 11.1. The maximum absolute atomic E-state index is 12.2. The molecular formula is C11H12N4O5S. The molecule has 2 aromatic rings. The average molecular weight is 312 g/mol. The molecule has 0 bridgehead atoms. The third kappa shape index (κ3) is 3.11. The Morgan fingerprint density at radius 2 is 2.14 bits per heavy atom. The lowest BCUT2D eigenvalue weighted by molar-refractivity contribution is 0.0696. The van der Waals surface area contributed by atoms with E-state index in [0.29, 0.717) is 5.56 Å². The SMILES string of the molecule is COc1n[nH]c(NS(=O)(=O)c2ccc(C)c(C(=O)O)c2)n1. The number of aromatic amines is 1. The number of aryl methyl sites for hydroxylation is 1. The second kappa shape index (κ2) is 5.40. The summed E-state index contributed by atoms with van der Waals surface area (Å²) in [6, 6.07) is 3.77. The molecule has 0 fully saturated rings. The van der Waals surface area contributed by atoms with E-state index in [1.807, 2.05) is 0 Å². The van der Waals surface area contributed by atoms with E-state index < -0.39 is 16.0 Å². The number of aromatic nitrogens is 3. The molecule has 0 radical (unpaired) electrons. The number of rotatable bonds is 5. The van der Waals surface area contributed by atoms with Crippen LogP contribution in [0.15, 0.2) is 23.1 Å². The van der Waals surface area contributed by atoms with Gasteiger partial charge in [0.15, 0.2) is 0 Å². The fraction of sp³-hybridized carbons (Fsp3) is 0.182. The molecular weight excluding hydrogens is 300 g/mol. The molecule has 0 aliphatic rings. The molecule has 0 atom stereocenters. The van der Waals surface area contributed by atoms with E-state index in [4.69, 9.17) is 9.84 Å². The number of carboxylic acids is 1. The first-order valence-corrected chi connectivity index (χ1v) is 7.15. The van der Waals surface area contributed by atoms with Crippen LogP contribution in [-0.2, 0) is 10.0 Å². The van der Waals surface area contributed by atoms with Gasteiger partial charge in [-0.2, -0.15) is 4.98 Å². The Labute approximate surface area is 120 Å². The molecule has 1 aromatic carbocycles. The third-order valence-corrected chi connectivity index (χ3v) is 3.96. The first-order chi connectivity index (χ1) is 9.83. The number of carbonyl (C=O) groups is 1. The Hall–Kier alpha value is -2.62. The van der Waals surface area contributed by atoms with Gasteiger partial charge in [0.05, 0.1) is 17.6 Å². The first-order valence-electron chi connectivity index (χ1n) is 5.66. The fourth-order valence-electron chi connectivity index (χ4n) is 1.57. The van der Waals surface area contributed by atoms with Crippen molar-refractivity contribution in [3.8, 4) is 6.01 Å². The minimum Gasteiger partial charge on any atom is -0.478 e. The number of benzene rings is 1. The van der Waals surface area contributed by atoms with Crippen molar-refractivity contribution in [1.29, 1.82) is 0 Å². The maximum atomic E-state index is 12.2. The van der Waals surface area contributed by atoms with Crippen LogP contribution in [0.25, 0.3) is 0 Å². The monoisotopic (exact) mass is 312 g/mol. The van der Waals surface area contributed by atoms with Crippen LogP contribution in [0, 0.1) is 6.92 Å². The Morgan fingerprint density at radius 3 is 2.71 bits per heavy atom.